The number of imidazole rings is 2. The fourth-order valence-electron chi connectivity index (χ4n) is 6.97. The molecule has 0 saturated carbocycles. The van der Waals surface area contributed by atoms with Crippen LogP contribution in [0.2, 0.25) is 0 Å². The van der Waals surface area contributed by atoms with Crippen molar-refractivity contribution in [3.05, 3.63) is 146 Å². The molecule has 6 nitrogen and oxygen atoms in total. The molecule has 4 aromatic heterocycles. The molecule has 0 N–H and O–H groups in total. The zero-order chi connectivity index (χ0) is 28.8. The van der Waals surface area contributed by atoms with Crippen molar-refractivity contribution in [3.63, 3.8) is 0 Å². The molecule has 0 atom stereocenters. The molecule has 0 bridgehead atoms. The van der Waals surface area contributed by atoms with Crippen LogP contribution in [-0.2, 0) is 0 Å². The molecule has 6 heteroatoms. The Labute approximate surface area is 250 Å². The predicted molar refractivity (Wildman–Crippen MR) is 179 cm³/mol. The Morgan fingerprint density at radius 3 is 1.18 bits per heavy atom. The highest BCUT2D eigenvalue weighted by molar-refractivity contribution is 6.09. The first-order chi connectivity index (χ1) is 21.9. The van der Waals surface area contributed by atoms with Gasteiger partial charge >= 0.3 is 0 Å². The molecule has 0 unspecified atom stereocenters. The monoisotopic (exact) mass is 564 g/mol. The standard InChI is InChI=1S/C38H24N6/c1-5-17-29-25(13-1)26-14-2-6-18-30(26)41(29)33-21-9-12-24-36(33)44-37-39-27-15-3-7-19-31(27)42(37)34-22-10-11-23-35(34)43-32-20-8-4-16-28(32)40-38(43)44/h1-24H. The van der Waals surface area contributed by atoms with E-state index in [9.17, 15) is 0 Å². The summed E-state index contributed by atoms with van der Waals surface area (Å²) in [6.07, 6.45) is 0. The lowest BCUT2D eigenvalue weighted by Gasteiger charge is -2.15. The lowest BCUT2D eigenvalue weighted by molar-refractivity contribution is 1.00. The van der Waals surface area contributed by atoms with E-state index in [-0.39, 0.29) is 0 Å². The van der Waals surface area contributed by atoms with Crippen LogP contribution in [0.5, 0.6) is 0 Å². The first-order valence-electron chi connectivity index (χ1n) is 14.8. The molecule has 10 rings (SSSR count). The Balaban J connectivity index is 1.49. The number of hydrogen-bond acceptors (Lipinski definition) is 2. The third kappa shape index (κ3) is 3.03. The van der Waals surface area contributed by atoms with Crippen LogP contribution >= 0.6 is 0 Å². The van der Waals surface area contributed by atoms with Crippen molar-refractivity contribution in [2.24, 2.45) is 0 Å². The number of aromatic nitrogens is 6. The molecule has 44 heavy (non-hydrogen) atoms. The van der Waals surface area contributed by atoms with Crippen LogP contribution in [0.3, 0.4) is 0 Å². The molecule has 0 spiro atoms. The van der Waals surface area contributed by atoms with Gasteiger partial charge in [0.1, 0.15) is 0 Å². The Morgan fingerprint density at radius 1 is 0.318 bits per heavy atom. The summed E-state index contributed by atoms with van der Waals surface area (Å²) in [4.78, 5) is 10.6. The third-order valence-electron chi connectivity index (χ3n) is 8.79. The summed E-state index contributed by atoms with van der Waals surface area (Å²) in [5, 5.41) is 2.45. The second-order valence-corrected chi connectivity index (χ2v) is 11.2. The molecule has 206 valence electrons. The van der Waals surface area contributed by atoms with Gasteiger partial charge in [0.15, 0.2) is 0 Å². The van der Waals surface area contributed by atoms with E-state index in [1.165, 1.54) is 10.8 Å². The average Bonchev–Trinajstić information content (AvgIpc) is 3.73. The van der Waals surface area contributed by atoms with Crippen LogP contribution in [-0.4, -0.2) is 27.9 Å². The number of fused-ring (bicyclic) bond motifs is 12. The van der Waals surface area contributed by atoms with Gasteiger partial charge in [0.25, 0.3) is 0 Å². The van der Waals surface area contributed by atoms with E-state index in [0.717, 1.165) is 67.1 Å². The van der Waals surface area contributed by atoms with Gasteiger partial charge in [-0.3, -0.25) is 8.80 Å². The summed E-state index contributed by atoms with van der Waals surface area (Å²) < 4.78 is 9.16. The first-order valence-corrected chi connectivity index (χ1v) is 14.8. The summed E-state index contributed by atoms with van der Waals surface area (Å²) in [5.41, 5.74) is 10.4. The van der Waals surface area contributed by atoms with Gasteiger partial charge in [-0.05, 0) is 60.7 Å². The van der Waals surface area contributed by atoms with E-state index in [0.29, 0.717) is 0 Å². The topological polar surface area (TPSA) is 44.5 Å². The SMILES string of the molecule is c1ccc(-n2c3nc4ccccc4n3c3ccccc3n3c4ccccc4nc23)c(-n2c3ccccc3c3ccccc32)c1. The number of rotatable bonds is 2. The Kier molecular flexibility index (Phi) is 4.63. The Bertz CT molecular complexity index is 2620. The lowest BCUT2D eigenvalue weighted by Crippen LogP contribution is -2.07. The van der Waals surface area contributed by atoms with E-state index >= 15 is 0 Å². The Hall–Kier alpha value is -6.14. The molecule has 0 saturated heterocycles. The summed E-state index contributed by atoms with van der Waals surface area (Å²) >= 11 is 0. The van der Waals surface area contributed by atoms with Gasteiger partial charge in [-0.15, -0.1) is 0 Å². The number of benzene rings is 6. The van der Waals surface area contributed by atoms with Gasteiger partial charge in [-0.1, -0.05) is 84.9 Å². The zero-order valence-corrected chi connectivity index (χ0v) is 23.5. The highest BCUT2D eigenvalue weighted by Gasteiger charge is 2.22. The maximum atomic E-state index is 5.31. The summed E-state index contributed by atoms with van der Waals surface area (Å²) in [6.45, 7) is 0. The Morgan fingerprint density at radius 2 is 0.682 bits per heavy atom. The van der Waals surface area contributed by atoms with Gasteiger partial charge < -0.3 is 4.57 Å². The fourth-order valence-corrected chi connectivity index (χ4v) is 6.97. The molecule has 0 aliphatic heterocycles. The second kappa shape index (κ2) is 8.69. The molecule has 0 amide bonds. The molecule has 6 aromatic carbocycles. The maximum Gasteiger partial charge on any atom is 0.223 e. The van der Waals surface area contributed by atoms with Gasteiger partial charge in [-0.2, -0.15) is 0 Å². The normalized spacial score (nSPS) is 12.1. The van der Waals surface area contributed by atoms with Crippen LogP contribution in [0.4, 0.5) is 0 Å². The highest BCUT2D eigenvalue weighted by Crippen LogP contribution is 2.36. The molecule has 4 heterocycles. The third-order valence-corrected chi connectivity index (χ3v) is 8.79. The van der Waals surface area contributed by atoms with Crippen molar-refractivity contribution in [1.29, 1.82) is 0 Å². The van der Waals surface area contributed by atoms with E-state index < -0.39 is 0 Å². The summed E-state index contributed by atoms with van der Waals surface area (Å²) in [5.74, 6) is 1.59. The number of hydrogen-bond donors (Lipinski definition) is 0. The van der Waals surface area contributed by atoms with Gasteiger partial charge in [0, 0.05) is 10.8 Å². The highest BCUT2D eigenvalue weighted by atomic mass is 15.3. The molecular weight excluding hydrogens is 540 g/mol. The van der Waals surface area contributed by atoms with E-state index in [1.807, 2.05) is 12.1 Å². The van der Waals surface area contributed by atoms with Crippen molar-refractivity contribution in [1.82, 2.24) is 27.9 Å². The van der Waals surface area contributed by atoms with Crippen LogP contribution in [0, 0.1) is 0 Å². The smallest absolute Gasteiger partial charge is 0.223 e. The molecule has 0 aliphatic rings. The minimum atomic E-state index is 0.793. The van der Waals surface area contributed by atoms with Crippen LogP contribution in [0.15, 0.2) is 146 Å². The van der Waals surface area contributed by atoms with Crippen LogP contribution < -0.4 is 0 Å². The zero-order valence-electron chi connectivity index (χ0n) is 23.5. The van der Waals surface area contributed by atoms with Gasteiger partial charge in [0.2, 0.25) is 11.6 Å². The van der Waals surface area contributed by atoms with Crippen molar-refractivity contribution < 1.29 is 0 Å². The molecule has 10 aromatic rings. The molecular formula is C38H24N6. The van der Waals surface area contributed by atoms with Crippen molar-refractivity contribution >= 4 is 66.5 Å². The quantitative estimate of drug-likeness (QED) is 0.210. The number of nitrogens with zero attached hydrogens (tertiary/aromatic N) is 6. The van der Waals surface area contributed by atoms with Gasteiger partial charge in [0.05, 0.1) is 55.5 Å². The summed E-state index contributed by atoms with van der Waals surface area (Å²) in [6, 6.07) is 51.1. The predicted octanol–water partition coefficient (Wildman–Crippen LogP) is 8.89. The van der Waals surface area contributed by atoms with E-state index in [2.05, 4.69) is 151 Å². The van der Waals surface area contributed by atoms with Crippen molar-refractivity contribution in [2.75, 3.05) is 0 Å². The molecule has 0 aliphatic carbocycles. The van der Waals surface area contributed by atoms with Crippen LogP contribution in [0.25, 0.3) is 77.8 Å². The minimum Gasteiger partial charge on any atom is -0.307 e. The van der Waals surface area contributed by atoms with Gasteiger partial charge in [-0.25, -0.2) is 14.5 Å². The van der Waals surface area contributed by atoms with Crippen molar-refractivity contribution in [3.8, 4) is 11.4 Å². The molecule has 0 radical (unpaired) electrons. The largest absolute Gasteiger partial charge is 0.307 e. The van der Waals surface area contributed by atoms with E-state index in [1.54, 1.807) is 0 Å². The fraction of sp³-hybridized carbons (Fsp3) is 0. The minimum absolute atomic E-state index is 0.793. The maximum absolute atomic E-state index is 5.31. The first kappa shape index (κ1) is 23.4. The van der Waals surface area contributed by atoms with E-state index in [4.69, 9.17) is 9.97 Å². The molecule has 0 fully saturated rings. The number of para-hydroxylation sites is 10. The average molecular weight is 565 g/mol. The van der Waals surface area contributed by atoms with Crippen LogP contribution in [0.1, 0.15) is 0 Å². The lowest BCUT2D eigenvalue weighted by atomic mass is 10.2. The summed E-state index contributed by atoms with van der Waals surface area (Å²) in [7, 11) is 0. The van der Waals surface area contributed by atoms with Crippen molar-refractivity contribution in [2.45, 2.75) is 0 Å². The second-order valence-electron chi connectivity index (χ2n) is 11.2.